The van der Waals surface area contributed by atoms with Crippen LogP contribution in [0.15, 0.2) is 64.9 Å². The number of hydrogen-bond donors (Lipinski definition) is 1. The van der Waals surface area contributed by atoms with Crippen LogP contribution in [0, 0.1) is 0 Å². The molecule has 8 nitrogen and oxygen atoms in total. The molecule has 32 heavy (non-hydrogen) atoms. The van der Waals surface area contributed by atoms with E-state index in [0.29, 0.717) is 29.0 Å². The molecule has 2 aromatic carbocycles. The number of anilines is 1. The van der Waals surface area contributed by atoms with Gasteiger partial charge in [0, 0.05) is 23.8 Å². The lowest BCUT2D eigenvalue weighted by molar-refractivity contribution is -0.113. The van der Waals surface area contributed by atoms with Crippen LogP contribution in [0.1, 0.15) is 19.3 Å². The molecule has 2 heterocycles. The topological polar surface area (TPSA) is 97.2 Å². The zero-order chi connectivity index (χ0) is 22.6. The van der Waals surface area contributed by atoms with Crippen LogP contribution in [0.2, 0.25) is 5.02 Å². The zero-order valence-electron chi connectivity index (χ0n) is 17.1. The van der Waals surface area contributed by atoms with Crippen molar-refractivity contribution in [3.8, 4) is 5.69 Å². The number of halogens is 1. The SMILES string of the molecule is O=C(CSc1nncn1-c1cccc(Cl)c1)Nc1ccc(S(=O)(=O)N2CCCCC2)cc1. The van der Waals surface area contributed by atoms with Gasteiger partial charge in [-0.3, -0.25) is 9.36 Å². The van der Waals surface area contributed by atoms with E-state index in [4.69, 9.17) is 11.6 Å². The molecular formula is C21H22ClN5O3S2. The van der Waals surface area contributed by atoms with Crippen molar-refractivity contribution >= 4 is 45.0 Å². The molecule has 1 amide bonds. The number of thioether (sulfide) groups is 1. The number of carbonyl (C=O) groups is 1. The van der Waals surface area contributed by atoms with Crippen molar-refractivity contribution in [1.82, 2.24) is 19.1 Å². The standard InChI is InChI=1S/C21H22ClN5O3S2/c22-16-5-4-6-18(13-16)27-15-23-25-21(27)31-14-20(28)24-17-7-9-19(10-8-17)32(29,30)26-11-2-1-3-12-26/h4-10,13,15H,1-3,11-12,14H2,(H,24,28). The van der Waals surface area contributed by atoms with E-state index in [-0.39, 0.29) is 16.6 Å². The van der Waals surface area contributed by atoms with Crippen molar-refractivity contribution in [1.29, 1.82) is 0 Å². The van der Waals surface area contributed by atoms with Crippen LogP contribution in [0.25, 0.3) is 5.69 Å². The number of hydrogen-bond acceptors (Lipinski definition) is 6. The molecule has 1 aromatic heterocycles. The number of amides is 1. The first-order valence-electron chi connectivity index (χ1n) is 10.1. The molecule has 168 valence electrons. The first kappa shape index (κ1) is 22.8. The minimum Gasteiger partial charge on any atom is -0.325 e. The molecule has 3 aromatic rings. The normalized spacial score (nSPS) is 14.9. The average molecular weight is 492 g/mol. The third kappa shape index (κ3) is 5.32. The Kier molecular flexibility index (Phi) is 7.14. The minimum absolute atomic E-state index is 0.118. The van der Waals surface area contributed by atoms with E-state index in [1.165, 1.54) is 28.2 Å². The first-order valence-corrected chi connectivity index (χ1v) is 12.9. The van der Waals surface area contributed by atoms with Gasteiger partial charge in [0.25, 0.3) is 0 Å². The molecule has 11 heteroatoms. The fourth-order valence-corrected chi connectivity index (χ4v) is 5.85. The summed E-state index contributed by atoms with van der Waals surface area (Å²) in [6, 6.07) is 13.5. The Bertz CT molecular complexity index is 1190. The smallest absolute Gasteiger partial charge is 0.243 e. The number of benzene rings is 2. The number of carbonyl (C=O) groups excluding carboxylic acids is 1. The predicted molar refractivity (Wildman–Crippen MR) is 125 cm³/mol. The van der Waals surface area contributed by atoms with Crippen molar-refractivity contribution < 1.29 is 13.2 Å². The van der Waals surface area contributed by atoms with Gasteiger partial charge in [0.15, 0.2) is 5.16 Å². The van der Waals surface area contributed by atoms with E-state index >= 15 is 0 Å². The largest absolute Gasteiger partial charge is 0.325 e. The Hall–Kier alpha value is -2.40. The second-order valence-corrected chi connectivity index (χ2v) is 10.6. The highest BCUT2D eigenvalue weighted by Gasteiger charge is 2.25. The first-order chi connectivity index (χ1) is 15.4. The summed E-state index contributed by atoms with van der Waals surface area (Å²) < 4.78 is 28.8. The monoisotopic (exact) mass is 491 g/mol. The molecule has 1 N–H and O–H groups in total. The van der Waals surface area contributed by atoms with E-state index < -0.39 is 10.0 Å². The molecule has 0 saturated carbocycles. The lowest BCUT2D eigenvalue weighted by Gasteiger charge is -2.25. The van der Waals surface area contributed by atoms with Gasteiger partial charge in [-0.05, 0) is 55.3 Å². The second kappa shape index (κ2) is 10.0. The van der Waals surface area contributed by atoms with Gasteiger partial charge in [-0.1, -0.05) is 35.9 Å². The van der Waals surface area contributed by atoms with Gasteiger partial charge in [-0.25, -0.2) is 8.42 Å². The molecule has 0 unspecified atom stereocenters. The van der Waals surface area contributed by atoms with Crippen LogP contribution in [0.5, 0.6) is 0 Å². The molecule has 0 bridgehead atoms. The van der Waals surface area contributed by atoms with E-state index in [1.807, 2.05) is 12.1 Å². The van der Waals surface area contributed by atoms with Crippen LogP contribution in [-0.4, -0.2) is 52.2 Å². The van der Waals surface area contributed by atoms with Gasteiger partial charge < -0.3 is 5.32 Å². The Morgan fingerprint density at radius 1 is 1.09 bits per heavy atom. The molecule has 4 rings (SSSR count). The maximum atomic E-state index is 12.7. The summed E-state index contributed by atoms with van der Waals surface area (Å²) in [6.07, 6.45) is 4.39. The number of piperidine rings is 1. The Morgan fingerprint density at radius 3 is 2.56 bits per heavy atom. The van der Waals surface area contributed by atoms with Crippen molar-refractivity contribution in [3.05, 3.63) is 59.9 Å². The van der Waals surface area contributed by atoms with E-state index in [9.17, 15) is 13.2 Å². The fraction of sp³-hybridized carbons (Fsp3) is 0.286. The quantitative estimate of drug-likeness (QED) is 0.504. The lowest BCUT2D eigenvalue weighted by atomic mass is 10.2. The highest BCUT2D eigenvalue weighted by molar-refractivity contribution is 7.99. The highest BCUT2D eigenvalue weighted by Crippen LogP contribution is 2.24. The van der Waals surface area contributed by atoms with Gasteiger partial charge in [-0.2, -0.15) is 4.31 Å². The molecule has 1 saturated heterocycles. The molecule has 0 aliphatic carbocycles. The second-order valence-electron chi connectivity index (χ2n) is 7.29. The Labute approximate surface area is 196 Å². The number of aromatic nitrogens is 3. The summed E-state index contributed by atoms with van der Waals surface area (Å²) in [5.41, 5.74) is 1.33. The molecule has 0 spiro atoms. The van der Waals surface area contributed by atoms with Crippen molar-refractivity contribution in [2.24, 2.45) is 0 Å². The number of sulfonamides is 1. The van der Waals surface area contributed by atoms with Gasteiger partial charge in [0.1, 0.15) is 6.33 Å². The molecule has 1 aliphatic heterocycles. The van der Waals surface area contributed by atoms with E-state index in [1.54, 1.807) is 35.2 Å². The van der Waals surface area contributed by atoms with Crippen LogP contribution >= 0.6 is 23.4 Å². The number of nitrogens with one attached hydrogen (secondary N) is 1. The van der Waals surface area contributed by atoms with Crippen LogP contribution in [-0.2, 0) is 14.8 Å². The van der Waals surface area contributed by atoms with Gasteiger partial charge >= 0.3 is 0 Å². The Balaban J connectivity index is 1.36. The summed E-state index contributed by atoms with van der Waals surface area (Å²) in [4.78, 5) is 12.6. The molecular weight excluding hydrogens is 470 g/mol. The van der Waals surface area contributed by atoms with Gasteiger partial charge in [0.05, 0.1) is 16.3 Å². The van der Waals surface area contributed by atoms with Gasteiger partial charge in [0.2, 0.25) is 15.9 Å². The summed E-state index contributed by atoms with van der Waals surface area (Å²) in [5, 5.41) is 11.9. The van der Waals surface area contributed by atoms with Crippen molar-refractivity contribution in [3.63, 3.8) is 0 Å². The summed E-state index contributed by atoms with van der Waals surface area (Å²) in [5.74, 6) is -0.116. The lowest BCUT2D eigenvalue weighted by Crippen LogP contribution is -2.35. The number of nitrogens with zero attached hydrogens (tertiary/aromatic N) is 4. The van der Waals surface area contributed by atoms with Gasteiger partial charge in [-0.15, -0.1) is 10.2 Å². The predicted octanol–water partition coefficient (Wildman–Crippen LogP) is 3.83. The minimum atomic E-state index is -3.49. The fourth-order valence-electron chi connectivity index (χ4n) is 3.42. The number of rotatable bonds is 7. The molecule has 0 radical (unpaired) electrons. The molecule has 0 atom stereocenters. The summed E-state index contributed by atoms with van der Waals surface area (Å²) in [6.45, 7) is 1.11. The maximum absolute atomic E-state index is 12.7. The van der Waals surface area contributed by atoms with Crippen LogP contribution in [0.4, 0.5) is 5.69 Å². The molecule has 1 aliphatic rings. The van der Waals surface area contributed by atoms with Crippen molar-refractivity contribution in [2.75, 3.05) is 24.2 Å². The zero-order valence-corrected chi connectivity index (χ0v) is 19.5. The third-order valence-corrected chi connectivity index (χ3v) is 8.12. The summed E-state index contributed by atoms with van der Waals surface area (Å²) in [7, 11) is -3.49. The molecule has 1 fully saturated rings. The van der Waals surface area contributed by atoms with E-state index in [2.05, 4.69) is 15.5 Å². The average Bonchev–Trinajstić information content (AvgIpc) is 3.27. The third-order valence-electron chi connectivity index (χ3n) is 5.03. The maximum Gasteiger partial charge on any atom is 0.243 e. The summed E-state index contributed by atoms with van der Waals surface area (Å²) >= 11 is 7.29. The Morgan fingerprint density at radius 2 is 1.84 bits per heavy atom. The van der Waals surface area contributed by atoms with Crippen molar-refractivity contribution in [2.45, 2.75) is 29.3 Å². The van der Waals surface area contributed by atoms with Crippen LogP contribution in [0.3, 0.4) is 0 Å². The van der Waals surface area contributed by atoms with Crippen LogP contribution < -0.4 is 5.32 Å². The highest BCUT2D eigenvalue weighted by atomic mass is 35.5. The van der Waals surface area contributed by atoms with E-state index in [0.717, 1.165) is 24.9 Å².